The van der Waals surface area contributed by atoms with E-state index in [0.717, 1.165) is 43.1 Å². The van der Waals surface area contributed by atoms with Crippen LogP contribution in [0.3, 0.4) is 0 Å². The Morgan fingerprint density at radius 3 is 2.79 bits per heavy atom. The molecule has 0 saturated heterocycles. The minimum absolute atomic E-state index is 0.738. The van der Waals surface area contributed by atoms with E-state index in [1.165, 1.54) is 24.8 Å². The Bertz CT molecular complexity index is 393. The van der Waals surface area contributed by atoms with E-state index in [2.05, 4.69) is 44.1 Å². The molecule has 108 valence electrons. The van der Waals surface area contributed by atoms with E-state index in [1.54, 1.807) is 0 Å². The fourth-order valence-corrected chi connectivity index (χ4v) is 2.21. The fraction of sp³-hybridized carbons (Fsp3) is 0.750. The van der Waals surface area contributed by atoms with Gasteiger partial charge in [-0.25, -0.2) is 0 Å². The van der Waals surface area contributed by atoms with E-state index in [9.17, 15) is 0 Å². The Hall–Kier alpha value is -0.800. The van der Waals surface area contributed by atoms with E-state index in [0.29, 0.717) is 0 Å². The molecule has 19 heavy (non-hydrogen) atoms. The molecule has 0 amide bonds. The average Bonchev–Trinajstić information content (AvgIpc) is 3.11. The van der Waals surface area contributed by atoms with Crippen LogP contribution in [-0.4, -0.2) is 24.5 Å². The topological polar surface area (TPSA) is 28.4 Å². The first-order valence-electron chi connectivity index (χ1n) is 7.54. The predicted molar refractivity (Wildman–Crippen MR) is 79.1 cm³/mol. The molecule has 0 radical (unpaired) electrons. The number of nitrogens with one attached hydrogen (secondary N) is 1. The van der Waals surface area contributed by atoms with Crippen molar-refractivity contribution < 1.29 is 4.42 Å². The van der Waals surface area contributed by atoms with Gasteiger partial charge in [0.2, 0.25) is 0 Å². The number of rotatable bonds is 8. The minimum Gasteiger partial charge on any atom is -0.465 e. The number of hydrogen-bond acceptors (Lipinski definition) is 3. The van der Waals surface area contributed by atoms with Crippen LogP contribution in [0.2, 0.25) is 0 Å². The van der Waals surface area contributed by atoms with Crippen LogP contribution in [0.25, 0.3) is 0 Å². The third kappa shape index (κ3) is 5.00. The first-order valence-corrected chi connectivity index (χ1v) is 7.54. The maximum Gasteiger partial charge on any atom is 0.118 e. The van der Waals surface area contributed by atoms with Gasteiger partial charge in [0.25, 0.3) is 0 Å². The van der Waals surface area contributed by atoms with Gasteiger partial charge < -0.3 is 14.6 Å². The van der Waals surface area contributed by atoms with Gasteiger partial charge in [-0.3, -0.25) is 0 Å². The molecule has 1 N–H and O–H groups in total. The van der Waals surface area contributed by atoms with Gasteiger partial charge in [-0.1, -0.05) is 13.8 Å². The molecule has 1 aromatic rings. The highest BCUT2D eigenvalue weighted by Gasteiger charge is 2.21. The van der Waals surface area contributed by atoms with Crippen LogP contribution in [0.5, 0.6) is 0 Å². The summed E-state index contributed by atoms with van der Waals surface area (Å²) in [7, 11) is 2.19. The molecule has 0 bridgehead atoms. The molecule has 2 rings (SSSR count). The Kier molecular flexibility index (Phi) is 5.06. The average molecular weight is 264 g/mol. The SMILES string of the molecule is Cc1oc(CNC2CC2)cc1CN(C)CCC(C)C. The molecule has 1 aromatic heterocycles. The second kappa shape index (κ2) is 6.58. The summed E-state index contributed by atoms with van der Waals surface area (Å²) in [6.07, 6.45) is 3.90. The van der Waals surface area contributed by atoms with Crippen LogP contribution in [0, 0.1) is 12.8 Å². The molecule has 1 fully saturated rings. The highest BCUT2D eigenvalue weighted by atomic mass is 16.3. The summed E-state index contributed by atoms with van der Waals surface area (Å²) in [4.78, 5) is 2.38. The minimum atomic E-state index is 0.738. The van der Waals surface area contributed by atoms with Crippen LogP contribution in [0.15, 0.2) is 10.5 Å². The van der Waals surface area contributed by atoms with Gasteiger partial charge in [-0.05, 0) is 51.8 Å². The zero-order valence-electron chi connectivity index (χ0n) is 12.8. The van der Waals surface area contributed by atoms with Crippen LogP contribution >= 0.6 is 0 Å². The molecule has 1 aliphatic carbocycles. The summed E-state index contributed by atoms with van der Waals surface area (Å²) in [6, 6.07) is 2.96. The largest absolute Gasteiger partial charge is 0.465 e. The van der Waals surface area contributed by atoms with Gasteiger partial charge in [-0.15, -0.1) is 0 Å². The molecular formula is C16H28N2O. The first kappa shape index (κ1) is 14.6. The molecule has 1 saturated carbocycles. The smallest absolute Gasteiger partial charge is 0.118 e. The van der Waals surface area contributed by atoms with Crippen molar-refractivity contribution in [1.82, 2.24) is 10.2 Å². The molecule has 0 spiro atoms. The van der Waals surface area contributed by atoms with Gasteiger partial charge in [-0.2, -0.15) is 0 Å². The van der Waals surface area contributed by atoms with Crippen molar-refractivity contribution in [2.75, 3.05) is 13.6 Å². The lowest BCUT2D eigenvalue weighted by Gasteiger charge is -2.17. The lowest BCUT2D eigenvalue weighted by Crippen LogP contribution is -2.20. The molecule has 1 heterocycles. The zero-order valence-corrected chi connectivity index (χ0v) is 12.8. The summed E-state index contributed by atoms with van der Waals surface area (Å²) in [5.74, 6) is 2.92. The van der Waals surface area contributed by atoms with Crippen LogP contribution in [-0.2, 0) is 13.1 Å². The molecule has 0 unspecified atom stereocenters. The first-order chi connectivity index (χ1) is 9.04. The van der Waals surface area contributed by atoms with Gasteiger partial charge >= 0.3 is 0 Å². The highest BCUT2D eigenvalue weighted by molar-refractivity contribution is 5.20. The number of nitrogens with zero attached hydrogens (tertiary/aromatic N) is 1. The molecule has 0 aliphatic heterocycles. The van der Waals surface area contributed by atoms with Crippen molar-refractivity contribution in [2.24, 2.45) is 5.92 Å². The molecule has 0 atom stereocenters. The van der Waals surface area contributed by atoms with Crippen molar-refractivity contribution in [2.45, 2.75) is 59.2 Å². The lowest BCUT2D eigenvalue weighted by atomic mass is 10.1. The summed E-state index contributed by atoms with van der Waals surface area (Å²) >= 11 is 0. The van der Waals surface area contributed by atoms with Crippen LogP contribution < -0.4 is 5.32 Å². The molecule has 3 heteroatoms. The van der Waals surface area contributed by atoms with Gasteiger partial charge in [0.1, 0.15) is 11.5 Å². The van der Waals surface area contributed by atoms with Crippen molar-refractivity contribution >= 4 is 0 Å². The zero-order chi connectivity index (χ0) is 13.8. The van der Waals surface area contributed by atoms with Crippen molar-refractivity contribution in [3.8, 4) is 0 Å². The van der Waals surface area contributed by atoms with E-state index < -0.39 is 0 Å². The van der Waals surface area contributed by atoms with Crippen molar-refractivity contribution in [3.63, 3.8) is 0 Å². The van der Waals surface area contributed by atoms with Gasteiger partial charge in [0, 0.05) is 18.2 Å². The summed E-state index contributed by atoms with van der Waals surface area (Å²) in [5.41, 5.74) is 1.33. The second-order valence-electron chi connectivity index (χ2n) is 6.37. The normalized spacial score (nSPS) is 15.7. The Balaban J connectivity index is 1.81. The third-order valence-electron chi connectivity index (χ3n) is 3.74. The van der Waals surface area contributed by atoms with Crippen LogP contribution in [0.4, 0.5) is 0 Å². The Morgan fingerprint density at radius 2 is 2.16 bits per heavy atom. The van der Waals surface area contributed by atoms with Crippen LogP contribution in [0.1, 0.15) is 50.2 Å². The summed E-state index contributed by atoms with van der Waals surface area (Å²) in [5, 5.41) is 3.50. The molecule has 3 nitrogen and oxygen atoms in total. The van der Waals surface area contributed by atoms with Crippen molar-refractivity contribution in [1.29, 1.82) is 0 Å². The Morgan fingerprint density at radius 1 is 1.42 bits per heavy atom. The molecule has 1 aliphatic rings. The predicted octanol–water partition coefficient (Wildman–Crippen LogP) is 3.32. The van der Waals surface area contributed by atoms with E-state index in [1.807, 2.05) is 0 Å². The number of furan rings is 1. The third-order valence-corrected chi connectivity index (χ3v) is 3.74. The monoisotopic (exact) mass is 264 g/mol. The Labute approximate surface area is 117 Å². The van der Waals surface area contributed by atoms with E-state index in [-0.39, 0.29) is 0 Å². The summed E-state index contributed by atoms with van der Waals surface area (Å²) < 4.78 is 5.83. The second-order valence-corrected chi connectivity index (χ2v) is 6.37. The van der Waals surface area contributed by atoms with Crippen molar-refractivity contribution in [3.05, 3.63) is 23.2 Å². The quantitative estimate of drug-likeness (QED) is 0.781. The summed E-state index contributed by atoms with van der Waals surface area (Å²) in [6.45, 7) is 9.65. The maximum atomic E-state index is 5.83. The van der Waals surface area contributed by atoms with E-state index >= 15 is 0 Å². The highest BCUT2D eigenvalue weighted by Crippen LogP contribution is 2.21. The van der Waals surface area contributed by atoms with Gasteiger partial charge in [0.05, 0.1) is 6.54 Å². The number of hydrogen-bond donors (Lipinski definition) is 1. The number of aryl methyl sites for hydroxylation is 1. The standard InChI is InChI=1S/C16H28N2O/c1-12(2)7-8-18(4)11-14-9-16(19-13(14)3)10-17-15-5-6-15/h9,12,15,17H,5-8,10-11H2,1-4H3. The van der Waals surface area contributed by atoms with Gasteiger partial charge in [0.15, 0.2) is 0 Å². The lowest BCUT2D eigenvalue weighted by molar-refractivity contribution is 0.301. The maximum absolute atomic E-state index is 5.83. The molecular weight excluding hydrogens is 236 g/mol. The molecule has 0 aromatic carbocycles. The van der Waals surface area contributed by atoms with E-state index in [4.69, 9.17) is 4.42 Å². The fourth-order valence-electron chi connectivity index (χ4n) is 2.21.